The molecule has 0 N–H and O–H groups in total. The van der Waals surface area contributed by atoms with Gasteiger partial charge in [0, 0.05) is 26.2 Å². The van der Waals surface area contributed by atoms with Gasteiger partial charge in [0.15, 0.2) is 12.4 Å². The van der Waals surface area contributed by atoms with Crippen LogP contribution in [-0.4, -0.2) is 43.9 Å². The Balaban J connectivity index is 0. The van der Waals surface area contributed by atoms with E-state index in [-0.39, 0.29) is 0 Å². The molecule has 0 aliphatic heterocycles. The van der Waals surface area contributed by atoms with E-state index in [1.54, 1.807) is 0 Å². The van der Waals surface area contributed by atoms with Crippen molar-refractivity contribution < 1.29 is 66.9 Å². The monoisotopic (exact) mass is 403 g/mol. The van der Waals surface area contributed by atoms with Gasteiger partial charge < -0.3 is 4.90 Å². The minimum Gasteiger partial charge on any atom is -0.378 e. The first-order valence-corrected chi connectivity index (χ1v) is 8.66. The molecule has 0 bridgehead atoms. The van der Waals surface area contributed by atoms with Crippen LogP contribution in [-0.2, 0) is 0 Å². The summed E-state index contributed by atoms with van der Waals surface area (Å²) in [6.07, 6.45) is 8.24. The summed E-state index contributed by atoms with van der Waals surface area (Å²) in [6.45, 7) is 0. The smallest absolute Gasteiger partial charge is 0.290 e. The van der Waals surface area contributed by atoms with Crippen LogP contribution in [0.4, 0.5) is 0 Å². The van der Waals surface area contributed by atoms with Gasteiger partial charge in [-0.05, 0) is 0 Å². The molecular formula is C12H19Cl2N3O8. The van der Waals surface area contributed by atoms with Crippen LogP contribution < -0.4 is 41.8 Å². The molecule has 0 aromatic carbocycles. The van der Waals surface area contributed by atoms with E-state index in [1.807, 2.05) is 68.3 Å². The van der Waals surface area contributed by atoms with Gasteiger partial charge in [-0.1, -0.05) is 6.07 Å². The van der Waals surface area contributed by atoms with Gasteiger partial charge in [0.1, 0.15) is 14.1 Å². The topological polar surface area (TPSA) is 195 Å². The van der Waals surface area contributed by atoms with Gasteiger partial charge in [-0.15, -0.1) is 20.5 Å². The third-order valence-electron chi connectivity index (χ3n) is 1.79. The van der Waals surface area contributed by atoms with Gasteiger partial charge in [-0.25, -0.2) is 41.8 Å². The van der Waals surface area contributed by atoms with Crippen molar-refractivity contribution in [2.24, 2.45) is 0 Å². The second-order valence-electron chi connectivity index (χ2n) is 4.65. The molecule has 1 heterocycles. The van der Waals surface area contributed by atoms with E-state index < -0.39 is 20.5 Å². The van der Waals surface area contributed by atoms with Crippen LogP contribution in [0.15, 0.2) is 36.8 Å². The zero-order valence-electron chi connectivity index (χ0n) is 13.9. The molecule has 0 atom stereocenters. The highest BCUT2D eigenvalue weighted by atomic mass is 35.7. The fourth-order valence-electron chi connectivity index (χ4n) is 1.27. The Bertz CT molecular complexity index is 514. The average Bonchev–Trinajstić information content (AvgIpc) is 2.34. The summed E-state index contributed by atoms with van der Waals surface area (Å²) in [6, 6.07) is 6.06. The lowest BCUT2D eigenvalue weighted by atomic mass is 10.4. The second kappa shape index (κ2) is 12.1. The Hall–Kier alpha value is -1.38. The van der Waals surface area contributed by atoms with Crippen molar-refractivity contribution in [3.63, 3.8) is 0 Å². The van der Waals surface area contributed by atoms with Crippen LogP contribution in [0.1, 0.15) is 0 Å². The molecule has 0 aliphatic carbocycles. The third kappa shape index (κ3) is 27.7. The lowest BCUT2D eigenvalue weighted by Gasteiger charge is -2.17. The molecule has 0 saturated carbocycles. The van der Waals surface area contributed by atoms with Crippen molar-refractivity contribution in [2.45, 2.75) is 0 Å². The van der Waals surface area contributed by atoms with Crippen molar-refractivity contribution in [3.05, 3.63) is 36.8 Å². The molecule has 0 amide bonds. The zero-order valence-corrected chi connectivity index (χ0v) is 15.4. The van der Waals surface area contributed by atoms with Crippen molar-refractivity contribution in [3.8, 4) is 0 Å². The van der Waals surface area contributed by atoms with Crippen LogP contribution in [0.5, 0.6) is 0 Å². The average molecular weight is 404 g/mol. The first-order chi connectivity index (χ1) is 11.1. The molecule has 25 heavy (non-hydrogen) atoms. The van der Waals surface area contributed by atoms with E-state index >= 15 is 0 Å². The van der Waals surface area contributed by atoms with E-state index in [4.69, 9.17) is 37.3 Å². The second-order valence-corrected chi connectivity index (χ2v) is 6.16. The molecular weight excluding hydrogens is 385 g/mol. The van der Waals surface area contributed by atoms with Gasteiger partial charge >= 0.3 is 0 Å². The van der Waals surface area contributed by atoms with Gasteiger partial charge in [0.05, 0.1) is 6.20 Å². The quantitative estimate of drug-likeness (QED) is 0.347. The number of pyridine rings is 1. The summed E-state index contributed by atoms with van der Waals surface area (Å²) in [5, 5.41) is 0. The van der Waals surface area contributed by atoms with Crippen molar-refractivity contribution in [1.82, 2.24) is 4.90 Å². The number of nitrogens with zero attached hydrogens (tertiary/aromatic N) is 3. The summed E-state index contributed by atoms with van der Waals surface area (Å²) in [5.74, 6) is 0. The summed E-state index contributed by atoms with van der Waals surface area (Å²) in [4.78, 5) is 2.04. The summed E-state index contributed by atoms with van der Waals surface area (Å²) in [7, 11) is -1.81. The van der Waals surface area contributed by atoms with E-state index in [1.165, 1.54) is 0 Å². The van der Waals surface area contributed by atoms with Crippen LogP contribution in [0.25, 0.3) is 5.70 Å². The Morgan fingerprint density at radius 1 is 0.840 bits per heavy atom. The number of hydrogen-bond acceptors (Lipinski definition) is 9. The maximum absolute atomic E-state index is 8.49. The molecule has 1 aromatic heterocycles. The molecule has 0 saturated heterocycles. The molecule has 1 aromatic rings. The lowest BCUT2D eigenvalue weighted by molar-refractivity contribution is -2.00. The number of halogens is 2. The van der Waals surface area contributed by atoms with Crippen LogP contribution in [0.2, 0.25) is 0 Å². The Labute approximate surface area is 149 Å². The molecule has 0 spiro atoms. The van der Waals surface area contributed by atoms with E-state index in [2.05, 4.69) is 17.0 Å². The van der Waals surface area contributed by atoms with Crippen molar-refractivity contribution >= 4 is 11.9 Å². The van der Waals surface area contributed by atoms with Gasteiger partial charge in [-0.3, -0.25) is 0 Å². The highest BCUT2D eigenvalue weighted by Gasteiger charge is 2.10. The summed E-state index contributed by atoms with van der Waals surface area (Å²) < 4.78 is 72.1. The lowest BCUT2D eigenvalue weighted by Crippen LogP contribution is -2.68. The van der Waals surface area contributed by atoms with Gasteiger partial charge in [0.25, 0.3) is 5.70 Å². The predicted molar refractivity (Wildman–Crippen MR) is 62.8 cm³/mol. The number of hydrogen-bond donors (Lipinski definition) is 0. The number of rotatable bonds is 3. The summed E-state index contributed by atoms with van der Waals surface area (Å²) >= 11 is 0. The SMILES string of the molecule is CN(C)/C=C(/C=[N+](C)C)[n+]1ccccc1.[O-][Cl+3]([O-])([O-])[O-].[O-][Cl+3]([O-])([O-])[O-]. The van der Waals surface area contributed by atoms with E-state index in [0.29, 0.717) is 0 Å². The molecule has 1 rings (SSSR count). The fraction of sp³-hybridized carbons (Fsp3) is 0.333. The molecule has 0 aliphatic rings. The molecule has 0 fully saturated rings. The molecule has 13 heteroatoms. The molecule has 11 nitrogen and oxygen atoms in total. The standard InChI is InChI=1S/C12H19N3.2ClHO4/c1-13(2)10-12(11-14(3)4)15-8-6-5-7-9-15;2*2-1(3,4)5/h5-11H,1-4H3;2*(H,2,3,4,5)/q+2;;/p-2. The molecule has 0 unspecified atom stereocenters. The van der Waals surface area contributed by atoms with Crippen LogP contribution >= 0.6 is 0 Å². The summed E-state index contributed by atoms with van der Waals surface area (Å²) in [5.41, 5.74) is 1.13. The van der Waals surface area contributed by atoms with Gasteiger partial charge in [-0.2, -0.15) is 4.57 Å². The first kappa shape index (κ1) is 25.9. The Morgan fingerprint density at radius 3 is 1.48 bits per heavy atom. The molecule has 0 radical (unpaired) electrons. The van der Waals surface area contributed by atoms with E-state index in [9.17, 15) is 0 Å². The molecule has 144 valence electrons. The highest BCUT2D eigenvalue weighted by Crippen LogP contribution is 1.91. The third-order valence-corrected chi connectivity index (χ3v) is 1.79. The predicted octanol–water partition coefficient (Wildman–Crippen LogP) is -8.84. The first-order valence-electron chi connectivity index (χ1n) is 6.19. The zero-order chi connectivity index (χ0) is 20.3. The van der Waals surface area contributed by atoms with Gasteiger partial charge in [0.2, 0.25) is 6.21 Å². The van der Waals surface area contributed by atoms with Crippen molar-refractivity contribution in [2.75, 3.05) is 28.2 Å². The van der Waals surface area contributed by atoms with Crippen molar-refractivity contribution in [1.29, 1.82) is 0 Å². The van der Waals surface area contributed by atoms with E-state index in [0.717, 1.165) is 5.70 Å². The largest absolute Gasteiger partial charge is 0.378 e. The number of allylic oxidation sites excluding steroid dienone is 1. The number of aromatic nitrogens is 1. The highest BCUT2D eigenvalue weighted by molar-refractivity contribution is 5.94. The normalized spacial score (nSPS) is 11.4. The fourth-order valence-corrected chi connectivity index (χ4v) is 1.27. The Morgan fingerprint density at radius 2 is 1.20 bits per heavy atom. The minimum absolute atomic E-state index is 1.13. The Kier molecular flexibility index (Phi) is 12.5. The van der Waals surface area contributed by atoms with Crippen LogP contribution in [0.3, 0.4) is 0 Å². The van der Waals surface area contributed by atoms with Crippen LogP contribution in [0, 0.1) is 20.5 Å². The maximum atomic E-state index is 8.49. The maximum Gasteiger partial charge on any atom is 0.290 e. The minimum atomic E-state index is -4.94.